The van der Waals surface area contributed by atoms with Gasteiger partial charge in [-0.3, -0.25) is 14.4 Å². The van der Waals surface area contributed by atoms with Gasteiger partial charge in [0.2, 0.25) is 11.8 Å². The van der Waals surface area contributed by atoms with Crippen LogP contribution in [0.15, 0.2) is 24.3 Å². The largest absolute Gasteiger partial charge is 0.465 e. The standard InChI is InChI=1S/C27H40N2O5S/c1-6-11-18(4)28-14-10-13-27-20(21-25(33)34-15-9-7-8-12-26(21,5)35-27)23(31)29(22(27)24(28)32)19(16-30)17(2)3/h8,10,12-13,17-22,30H,6-7,9,11,14-16H2,1-5H3/b12-8-/t18?,19-,20-,21+,22?,26-,27-/m0/s1. The molecule has 2 unspecified atom stereocenters. The van der Waals surface area contributed by atoms with Crippen molar-refractivity contribution >= 4 is 29.5 Å². The minimum absolute atomic E-state index is 0.0268. The SMILES string of the molecule is CCCC(C)N1CC=C[C@]23S[C@@]4(C)/C=C\CCCOC(=O)[C@H]4[C@H]2C(=O)N([C@@H](CO)C(C)C)C3C1=O. The molecule has 0 radical (unpaired) electrons. The zero-order valence-electron chi connectivity index (χ0n) is 21.6. The lowest BCUT2D eigenvalue weighted by atomic mass is 9.74. The summed E-state index contributed by atoms with van der Waals surface area (Å²) in [7, 11) is 0. The van der Waals surface area contributed by atoms with Gasteiger partial charge in [-0.2, -0.15) is 0 Å². The van der Waals surface area contributed by atoms with Crippen molar-refractivity contribution in [3.63, 3.8) is 0 Å². The Morgan fingerprint density at radius 3 is 2.54 bits per heavy atom. The summed E-state index contributed by atoms with van der Waals surface area (Å²) in [6.07, 6.45) is 11.5. The molecule has 0 aromatic rings. The highest BCUT2D eigenvalue weighted by Gasteiger charge is 2.74. The van der Waals surface area contributed by atoms with Gasteiger partial charge in [0.25, 0.3) is 0 Å². The van der Waals surface area contributed by atoms with Crippen molar-refractivity contribution in [3.8, 4) is 0 Å². The molecule has 0 aromatic heterocycles. The number of cyclic esters (lactones) is 1. The fourth-order valence-electron chi connectivity index (χ4n) is 6.54. The molecular weight excluding hydrogens is 464 g/mol. The Balaban J connectivity index is 1.89. The molecule has 1 N–H and O–H groups in total. The van der Waals surface area contributed by atoms with Crippen LogP contribution in [0.5, 0.6) is 0 Å². The number of aliphatic hydroxyl groups excluding tert-OH is 1. The summed E-state index contributed by atoms with van der Waals surface area (Å²) in [4.78, 5) is 45.6. The van der Waals surface area contributed by atoms with Crippen molar-refractivity contribution < 1.29 is 24.2 Å². The van der Waals surface area contributed by atoms with Gasteiger partial charge in [0.15, 0.2) is 0 Å². The number of fused-ring (bicyclic) bond motifs is 2. The number of rotatable bonds is 6. The quantitative estimate of drug-likeness (QED) is 0.442. The molecule has 0 aliphatic carbocycles. The molecule has 4 aliphatic rings. The van der Waals surface area contributed by atoms with Crippen LogP contribution in [0.3, 0.4) is 0 Å². The first-order valence-corrected chi connectivity index (χ1v) is 13.9. The van der Waals surface area contributed by atoms with Crippen LogP contribution in [0.2, 0.25) is 0 Å². The van der Waals surface area contributed by atoms with Crippen molar-refractivity contribution in [2.75, 3.05) is 19.8 Å². The summed E-state index contributed by atoms with van der Waals surface area (Å²) in [6, 6.07) is -1.27. The number of allylic oxidation sites excluding steroid dienone is 1. The van der Waals surface area contributed by atoms with Crippen LogP contribution in [0.4, 0.5) is 0 Å². The van der Waals surface area contributed by atoms with Gasteiger partial charge >= 0.3 is 5.97 Å². The summed E-state index contributed by atoms with van der Waals surface area (Å²) in [6.45, 7) is 10.6. The van der Waals surface area contributed by atoms with Crippen molar-refractivity contribution in [2.45, 2.75) is 87.9 Å². The molecule has 7 atom stereocenters. The lowest BCUT2D eigenvalue weighted by Crippen LogP contribution is -2.59. The van der Waals surface area contributed by atoms with E-state index in [2.05, 4.69) is 26.0 Å². The predicted octanol–water partition coefficient (Wildman–Crippen LogP) is 3.17. The van der Waals surface area contributed by atoms with Crippen LogP contribution in [0.25, 0.3) is 0 Å². The lowest BCUT2D eigenvalue weighted by molar-refractivity contribution is -0.155. The highest BCUT2D eigenvalue weighted by atomic mass is 32.2. The van der Waals surface area contributed by atoms with Crippen molar-refractivity contribution in [3.05, 3.63) is 24.3 Å². The number of esters is 1. The average molecular weight is 505 g/mol. The first-order chi connectivity index (χ1) is 16.6. The second kappa shape index (κ2) is 9.92. The Morgan fingerprint density at radius 2 is 1.89 bits per heavy atom. The molecular formula is C27H40N2O5S. The number of ether oxygens (including phenoxy) is 1. The van der Waals surface area contributed by atoms with Gasteiger partial charge in [0.05, 0.1) is 35.8 Å². The summed E-state index contributed by atoms with van der Waals surface area (Å²) >= 11 is 1.56. The number of hydrogen-bond acceptors (Lipinski definition) is 6. The second-order valence-electron chi connectivity index (χ2n) is 11.0. The maximum Gasteiger partial charge on any atom is 0.311 e. The number of thioether (sulfide) groups is 1. The number of nitrogens with zero attached hydrogens (tertiary/aromatic N) is 2. The molecule has 2 fully saturated rings. The normalized spacial score (nSPS) is 37.6. The van der Waals surface area contributed by atoms with Gasteiger partial charge in [-0.15, -0.1) is 11.8 Å². The van der Waals surface area contributed by atoms with Gasteiger partial charge in [-0.1, -0.05) is 51.5 Å². The Morgan fingerprint density at radius 1 is 1.14 bits per heavy atom. The molecule has 8 heteroatoms. The van der Waals surface area contributed by atoms with E-state index in [4.69, 9.17) is 4.74 Å². The Bertz CT molecular complexity index is 919. The molecule has 4 heterocycles. The van der Waals surface area contributed by atoms with Crippen molar-refractivity contribution in [1.82, 2.24) is 9.80 Å². The van der Waals surface area contributed by atoms with Crippen LogP contribution < -0.4 is 0 Å². The molecule has 4 rings (SSSR count). The fraction of sp³-hybridized carbons (Fsp3) is 0.741. The first-order valence-electron chi connectivity index (χ1n) is 13.1. The molecule has 2 saturated heterocycles. The second-order valence-corrected chi connectivity index (χ2v) is 12.8. The third-order valence-electron chi connectivity index (χ3n) is 8.27. The van der Waals surface area contributed by atoms with Gasteiger partial charge in [0, 0.05) is 17.3 Å². The van der Waals surface area contributed by atoms with Crippen LogP contribution in [0, 0.1) is 17.8 Å². The topological polar surface area (TPSA) is 87.2 Å². The fourth-order valence-corrected chi connectivity index (χ4v) is 8.68. The van der Waals surface area contributed by atoms with Crippen molar-refractivity contribution in [1.29, 1.82) is 0 Å². The van der Waals surface area contributed by atoms with E-state index in [1.165, 1.54) is 0 Å². The monoisotopic (exact) mass is 504 g/mol. The zero-order chi connectivity index (χ0) is 25.5. The minimum atomic E-state index is -0.904. The molecule has 1 spiro atoms. The number of amides is 2. The van der Waals surface area contributed by atoms with Crippen LogP contribution >= 0.6 is 11.8 Å². The van der Waals surface area contributed by atoms with E-state index in [0.29, 0.717) is 13.2 Å². The van der Waals surface area contributed by atoms with Crippen LogP contribution in [-0.2, 0) is 19.1 Å². The first kappa shape index (κ1) is 26.3. The highest BCUT2D eigenvalue weighted by Crippen LogP contribution is 2.65. The van der Waals surface area contributed by atoms with E-state index < -0.39 is 33.4 Å². The molecule has 7 nitrogen and oxygen atoms in total. The van der Waals surface area contributed by atoms with E-state index in [1.807, 2.05) is 37.8 Å². The van der Waals surface area contributed by atoms with Crippen molar-refractivity contribution in [2.24, 2.45) is 17.8 Å². The molecule has 194 valence electrons. The summed E-state index contributed by atoms with van der Waals surface area (Å²) < 4.78 is 4.09. The molecule has 35 heavy (non-hydrogen) atoms. The molecule has 0 aromatic carbocycles. The maximum atomic E-state index is 14.3. The number of carbonyl (C=O) groups excluding carboxylic acids is 3. The summed E-state index contributed by atoms with van der Waals surface area (Å²) in [5, 5.41) is 10.3. The molecule has 2 amide bonds. The smallest absolute Gasteiger partial charge is 0.311 e. The number of hydrogen-bond donors (Lipinski definition) is 1. The Kier molecular flexibility index (Phi) is 7.45. The third kappa shape index (κ3) is 4.14. The van der Waals surface area contributed by atoms with E-state index in [1.54, 1.807) is 16.7 Å². The Labute approximate surface area is 213 Å². The van der Waals surface area contributed by atoms with Gasteiger partial charge in [-0.05, 0) is 39.0 Å². The van der Waals surface area contributed by atoms with E-state index in [9.17, 15) is 19.5 Å². The summed E-state index contributed by atoms with van der Waals surface area (Å²) in [5.74, 6) is -2.17. The van der Waals surface area contributed by atoms with Crippen LogP contribution in [0.1, 0.15) is 60.3 Å². The summed E-state index contributed by atoms with van der Waals surface area (Å²) in [5.41, 5.74) is 0. The van der Waals surface area contributed by atoms with Gasteiger partial charge in [0.1, 0.15) is 6.04 Å². The van der Waals surface area contributed by atoms with Gasteiger partial charge in [-0.25, -0.2) is 0 Å². The molecule has 4 aliphatic heterocycles. The highest BCUT2D eigenvalue weighted by molar-refractivity contribution is 8.02. The maximum absolute atomic E-state index is 14.3. The number of carbonyl (C=O) groups is 3. The van der Waals surface area contributed by atoms with Crippen LogP contribution in [-0.4, -0.2) is 80.1 Å². The number of likely N-dealkylation sites (tertiary alicyclic amines) is 1. The Hall–Kier alpha value is -1.80. The average Bonchev–Trinajstić information content (AvgIpc) is 3.14. The molecule has 0 saturated carbocycles. The molecule has 0 bridgehead atoms. The van der Waals surface area contributed by atoms with E-state index >= 15 is 0 Å². The zero-order valence-corrected chi connectivity index (χ0v) is 22.4. The predicted molar refractivity (Wildman–Crippen MR) is 137 cm³/mol. The minimum Gasteiger partial charge on any atom is -0.465 e. The van der Waals surface area contributed by atoms with Gasteiger partial charge < -0.3 is 19.6 Å². The number of aliphatic hydroxyl groups is 1. The van der Waals surface area contributed by atoms with E-state index in [-0.39, 0.29) is 36.4 Å². The third-order valence-corrected chi connectivity index (χ3v) is 10.1. The lowest BCUT2D eigenvalue weighted by Gasteiger charge is -2.41. The van der Waals surface area contributed by atoms with E-state index in [0.717, 1.165) is 25.7 Å².